The molecule has 0 unspecified atom stereocenters. The van der Waals surface area contributed by atoms with Crippen molar-refractivity contribution < 1.29 is 23.9 Å². The molecular formula is C61H61N5O5. The predicted molar refractivity (Wildman–Crippen MR) is 278 cm³/mol. The van der Waals surface area contributed by atoms with Gasteiger partial charge in [0, 0.05) is 31.1 Å². The van der Waals surface area contributed by atoms with Crippen LogP contribution < -0.4 is 15.4 Å². The Morgan fingerprint density at radius 2 is 1.07 bits per heavy atom. The van der Waals surface area contributed by atoms with Crippen LogP contribution in [-0.4, -0.2) is 51.5 Å². The van der Waals surface area contributed by atoms with Gasteiger partial charge in [-0.2, -0.15) is 0 Å². The highest BCUT2D eigenvalue weighted by Crippen LogP contribution is 2.41. The molecule has 0 bridgehead atoms. The van der Waals surface area contributed by atoms with E-state index in [2.05, 4.69) is 77.6 Å². The Morgan fingerprint density at radius 1 is 0.592 bits per heavy atom. The van der Waals surface area contributed by atoms with E-state index in [0.717, 1.165) is 51.8 Å². The first kappa shape index (κ1) is 49.2. The van der Waals surface area contributed by atoms with Gasteiger partial charge in [0.25, 0.3) is 0 Å². The monoisotopic (exact) mass is 943 g/mol. The van der Waals surface area contributed by atoms with Crippen molar-refractivity contribution >= 4 is 17.9 Å². The SMILES string of the molecule is CCC(CC)(CNC(=O)CN(Cc1ccc(OCc2ccccc2)cc1)C(=O)[C@H](Cc1cn(C(c2ccccc2)(c2ccccc2)c2ccccc2)cn1)NC(=O)OCc1ccccc1)c1ccccc1. The summed E-state index contributed by atoms with van der Waals surface area (Å²) in [5.74, 6) is -0.133. The summed E-state index contributed by atoms with van der Waals surface area (Å²) in [6.07, 6.45) is 4.55. The Bertz CT molecular complexity index is 2800. The zero-order chi connectivity index (χ0) is 49.3. The van der Waals surface area contributed by atoms with Crippen LogP contribution in [0.5, 0.6) is 5.75 Å². The largest absolute Gasteiger partial charge is 0.489 e. The lowest BCUT2D eigenvalue weighted by atomic mass is 9.76. The van der Waals surface area contributed by atoms with Gasteiger partial charge in [-0.3, -0.25) is 9.59 Å². The van der Waals surface area contributed by atoms with Crippen LogP contribution in [0.25, 0.3) is 0 Å². The molecule has 10 heteroatoms. The Kier molecular flexibility index (Phi) is 16.5. The maximum atomic E-state index is 15.3. The van der Waals surface area contributed by atoms with Gasteiger partial charge in [0.1, 0.15) is 30.5 Å². The molecule has 0 aliphatic rings. The molecule has 1 heterocycles. The Balaban J connectivity index is 1.13. The molecule has 0 saturated heterocycles. The molecule has 0 radical (unpaired) electrons. The van der Waals surface area contributed by atoms with E-state index in [1.165, 1.54) is 4.90 Å². The Labute approximate surface area is 417 Å². The van der Waals surface area contributed by atoms with E-state index in [1.807, 2.05) is 164 Å². The molecule has 1 aromatic heterocycles. The van der Waals surface area contributed by atoms with Gasteiger partial charge in [-0.05, 0) is 63.9 Å². The van der Waals surface area contributed by atoms with E-state index in [0.29, 0.717) is 24.6 Å². The van der Waals surface area contributed by atoms with Gasteiger partial charge in [0.15, 0.2) is 0 Å². The summed E-state index contributed by atoms with van der Waals surface area (Å²) in [5.41, 5.74) is 6.15. The number of amides is 3. The van der Waals surface area contributed by atoms with Crippen LogP contribution in [0.2, 0.25) is 0 Å². The van der Waals surface area contributed by atoms with Crippen molar-refractivity contribution in [2.24, 2.45) is 0 Å². The molecule has 360 valence electrons. The lowest BCUT2D eigenvalue weighted by molar-refractivity contribution is -0.138. The summed E-state index contributed by atoms with van der Waals surface area (Å²) in [6, 6.07) is 66.6. The van der Waals surface area contributed by atoms with Crippen molar-refractivity contribution in [2.45, 2.75) is 69.9 Å². The number of imidazole rings is 1. The molecule has 71 heavy (non-hydrogen) atoms. The standard InChI is InChI=1S/C61H61N5O5/c1-3-60(4-2,50-27-15-7-16-28-50)45-62-57(67)42-65(40-47-35-37-55(38-36-47)70-43-48-23-11-5-12-24-48)58(68)56(64-59(69)71-44-49-25-13-6-14-26-49)39-54-41-66(46-63-54)61(51-29-17-8-18-30-51,52-31-19-9-20-32-52)53-33-21-10-22-34-53/h5-38,41,46,56H,3-4,39-40,42-45H2,1-2H3,(H,62,67)(H,64,69)/t56-/m0/s1. The predicted octanol–water partition coefficient (Wildman–Crippen LogP) is 11.0. The number of hydrogen-bond acceptors (Lipinski definition) is 6. The number of aromatic nitrogens is 2. The minimum absolute atomic E-state index is 0.00120. The fraction of sp³-hybridized carbons (Fsp3) is 0.213. The summed E-state index contributed by atoms with van der Waals surface area (Å²) in [5, 5.41) is 6.09. The zero-order valence-electron chi connectivity index (χ0n) is 40.4. The topological polar surface area (TPSA) is 115 Å². The van der Waals surface area contributed by atoms with E-state index in [9.17, 15) is 9.59 Å². The second-order valence-electron chi connectivity index (χ2n) is 17.8. The van der Waals surface area contributed by atoms with E-state index in [4.69, 9.17) is 14.5 Å². The minimum Gasteiger partial charge on any atom is -0.489 e. The maximum absolute atomic E-state index is 15.3. The van der Waals surface area contributed by atoms with Gasteiger partial charge in [-0.1, -0.05) is 208 Å². The molecule has 0 fully saturated rings. The third-order valence-corrected chi connectivity index (χ3v) is 13.4. The van der Waals surface area contributed by atoms with Gasteiger partial charge in [0.2, 0.25) is 11.8 Å². The molecule has 3 amide bonds. The smallest absolute Gasteiger partial charge is 0.408 e. The van der Waals surface area contributed by atoms with Gasteiger partial charge in [0.05, 0.1) is 18.6 Å². The van der Waals surface area contributed by atoms with Gasteiger partial charge >= 0.3 is 6.09 Å². The summed E-state index contributed by atoms with van der Waals surface area (Å²) < 4.78 is 13.9. The molecule has 0 saturated carbocycles. The first-order valence-corrected chi connectivity index (χ1v) is 24.3. The van der Waals surface area contributed by atoms with Crippen LogP contribution in [0.15, 0.2) is 219 Å². The van der Waals surface area contributed by atoms with Crippen LogP contribution in [0.3, 0.4) is 0 Å². The second-order valence-corrected chi connectivity index (χ2v) is 17.8. The number of nitrogens with zero attached hydrogens (tertiary/aromatic N) is 3. The first-order valence-electron chi connectivity index (χ1n) is 24.3. The van der Waals surface area contributed by atoms with Gasteiger partial charge in [-0.15, -0.1) is 0 Å². The van der Waals surface area contributed by atoms with Crippen LogP contribution in [0.4, 0.5) is 4.79 Å². The number of carbonyl (C=O) groups is 3. The third-order valence-electron chi connectivity index (χ3n) is 13.4. The fourth-order valence-corrected chi connectivity index (χ4v) is 9.34. The average molecular weight is 944 g/mol. The van der Waals surface area contributed by atoms with E-state index >= 15 is 4.79 Å². The fourth-order valence-electron chi connectivity index (χ4n) is 9.34. The number of alkyl carbamates (subject to hydrolysis) is 1. The second kappa shape index (κ2) is 23.9. The number of hydrogen-bond donors (Lipinski definition) is 2. The van der Waals surface area contributed by atoms with E-state index < -0.39 is 23.6 Å². The van der Waals surface area contributed by atoms with Crippen molar-refractivity contribution in [3.63, 3.8) is 0 Å². The molecule has 8 aromatic rings. The Morgan fingerprint density at radius 3 is 1.58 bits per heavy atom. The number of nitrogens with one attached hydrogen (secondary N) is 2. The van der Waals surface area contributed by atoms with Crippen LogP contribution >= 0.6 is 0 Å². The van der Waals surface area contributed by atoms with Crippen LogP contribution in [-0.2, 0) is 51.5 Å². The number of rotatable bonds is 22. The Hall–Kier alpha value is -8.24. The van der Waals surface area contributed by atoms with Crippen molar-refractivity contribution in [1.82, 2.24) is 25.1 Å². The average Bonchev–Trinajstić information content (AvgIpc) is 3.90. The highest BCUT2D eigenvalue weighted by atomic mass is 16.5. The van der Waals surface area contributed by atoms with Crippen LogP contribution in [0, 0.1) is 0 Å². The number of carbonyl (C=O) groups excluding carboxylic acids is 3. The lowest BCUT2D eigenvalue weighted by Crippen LogP contribution is -2.52. The van der Waals surface area contributed by atoms with E-state index in [1.54, 1.807) is 6.33 Å². The van der Waals surface area contributed by atoms with Crippen molar-refractivity contribution in [3.8, 4) is 5.75 Å². The summed E-state index contributed by atoms with van der Waals surface area (Å²) in [4.78, 5) is 49.9. The molecule has 2 N–H and O–H groups in total. The lowest BCUT2D eigenvalue weighted by Gasteiger charge is -2.37. The first-order chi connectivity index (χ1) is 34.8. The number of ether oxygens (including phenoxy) is 2. The molecule has 0 aliphatic heterocycles. The summed E-state index contributed by atoms with van der Waals surface area (Å²) in [7, 11) is 0. The highest BCUT2D eigenvalue weighted by molar-refractivity contribution is 5.90. The molecule has 0 spiro atoms. The highest BCUT2D eigenvalue weighted by Gasteiger charge is 2.39. The molecule has 8 rings (SSSR count). The van der Waals surface area contributed by atoms with Crippen molar-refractivity contribution in [2.75, 3.05) is 13.1 Å². The minimum atomic E-state index is -1.18. The molecular weight excluding hydrogens is 883 g/mol. The summed E-state index contributed by atoms with van der Waals surface area (Å²) in [6.45, 7) is 4.84. The zero-order valence-corrected chi connectivity index (χ0v) is 40.4. The number of benzene rings is 7. The van der Waals surface area contributed by atoms with Gasteiger partial charge in [-0.25, -0.2) is 9.78 Å². The molecule has 7 aromatic carbocycles. The quantitative estimate of drug-likeness (QED) is 0.0654. The van der Waals surface area contributed by atoms with Crippen molar-refractivity contribution in [1.29, 1.82) is 0 Å². The van der Waals surface area contributed by atoms with E-state index in [-0.39, 0.29) is 37.4 Å². The molecule has 10 nitrogen and oxygen atoms in total. The third kappa shape index (κ3) is 12.1. The van der Waals surface area contributed by atoms with Gasteiger partial charge < -0.3 is 29.6 Å². The molecule has 1 atom stereocenters. The van der Waals surface area contributed by atoms with Crippen LogP contribution in [0.1, 0.15) is 71.3 Å². The maximum Gasteiger partial charge on any atom is 0.408 e. The summed E-state index contributed by atoms with van der Waals surface area (Å²) >= 11 is 0. The van der Waals surface area contributed by atoms with Crippen molar-refractivity contribution in [3.05, 3.63) is 263 Å². The normalized spacial score (nSPS) is 11.8. The molecule has 0 aliphatic carbocycles.